The van der Waals surface area contributed by atoms with Gasteiger partial charge >= 0.3 is 0 Å². The molecule has 74 heavy (non-hydrogen) atoms. The second-order valence-electron chi connectivity index (χ2n) is 2.90. The van der Waals surface area contributed by atoms with Crippen LogP contribution in [-0.4, -0.2) is 139 Å². The summed E-state index contributed by atoms with van der Waals surface area (Å²) in [6.07, 6.45) is 0. The van der Waals surface area contributed by atoms with Crippen LogP contribution < -0.4 is 0 Å². The lowest BCUT2D eigenvalue weighted by molar-refractivity contribution is 0.313. The Morgan fingerprint density at radius 3 is 0.149 bits per heavy atom. The predicted molar refractivity (Wildman–Crippen MR) is 404 cm³/mol. The Morgan fingerprint density at radius 2 is 0.149 bits per heavy atom. The minimum Gasteiger partial charge on any atom is -0.394 e. The normalized spacial score (nSPS) is 6.24. The van der Waals surface area contributed by atoms with Crippen LogP contribution in [0.25, 0.3) is 0 Å². The van der Waals surface area contributed by atoms with Crippen LogP contribution in [0.1, 0.15) is 0 Å². The van der Waals surface area contributed by atoms with E-state index in [4.69, 9.17) is 562 Å². The maximum Gasteiger partial charge on any atom is 0.130 e. The molecule has 0 rings (SSSR count). The maximum absolute atomic E-state index is 7.88. The average Bonchev–Trinajstić information content (AvgIpc) is 3.28. The molecule has 0 aromatic rings. The molecule has 0 atom stereocenters. The van der Waals surface area contributed by atoms with Gasteiger partial charge in [-0.2, -0.15) is 0 Å². The molecule has 0 aliphatic carbocycles. The summed E-state index contributed by atoms with van der Waals surface area (Å²) in [7, 11) is 0. The topological polar surface area (TPSA) is 20.2 Å². The largest absolute Gasteiger partial charge is 0.394 e. The maximum atomic E-state index is 7.88. The summed E-state index contributed by atoms with van der Waals surface area (Å²) in [5, 5.41) is 12.4. The number of rotatable bonds is 1. The van der Waals surface area contributed by atoms with Crippen LogP contribution in [-0.2, 0) is 0 Å². The fourth-order valence-electron chi connectivity index (χ4n) is 0. The molecule has 0 aliphatic heterocycles. The predicted octanol–water partition coefficient (Wildman–Crippen LogP) is 33.5. The van der Waals surface area contributed by atoms with Gasteiger partial charge in [-0.25, -0.2) is 0 Å². The summed E-state index contributed by atoms with van der Waals surface area (Å²) in [4.78, 5) is -0.616. The molecule has 0 aromatic heterocycles. The first kappa shape index (κ1) is 163. The zero-order valence-corrected chi connectivity index (χ0v) is 72.4. The molecule has 0 fully saturated rings. The number of hydrogen-bond donors (Lipinski definition) is 1. The van der Waals surface area contributed by atoms with Crippen LogP contribution in [0, 0.1) is 0 Å². The van der Waals surface area contributed by atoms with Gasteiger partial charge in [0, 0.05) is 0 Å². The van der Waals surface area contributed by atoms with Gasteiger partial charge in [0.1, 0.15) is 4.84 Å². The van der Waals surface area contributed by atoms with Crippen LogP contribution in [0.2, 0.25) is 0 Å². The molecule has 0 saturated heterocycles. The van der Waals surface area contributed by atoms with E-state index in [9.17, 15) is 0 Å². The van der Waals surface area contributed by atoms with Gasteiger partial charge in [0.05, 0.1) is 129 Å². The van der Waals surface area contributed by atoms with Gasteiger partial charge in [-0.1, -0.05) is 0 Å². The Bertz CT molecular complexity index is 226. The van der Waals surface area contributed by atoms with Crippen LogP contribution in [0.4, 0.5) is 0 Å². The molecule has 49 heteroatoms. The summed E-state index contributed by atoms with van der Waals surface area (Å²) in [6, 6.07) is 0. The molecule has 1 N–H and O–H groups in total. The number of aliphatic hydroxyl groups is 1. The fourth-order valence-corrected chi connectivity index (χ4v) is 0. The third-order valence-electron chi connectivity index (χ3n) is 0.138. The third kappa shape index (κ3) is 2450. The first-order valence-corrected chi connectivity index (χ1v) is 38.9. The van der Waals surface area contributed by atoms with E-state index in [-0.39, 0.29) is 129 Å². The number of hydrogen-bond acceptors (Lipinski definition) is 1. The van der Waals surface area contributed by atoms with Crippen molar-refractivity contribution in [2.24, 2.45) is 0 Å². The van der Waals surface area contributed by atoms with Crippen molar-refractivity contribution in [2.45, 2.75) is 4.84 Å². The molecule has 0 radical (unpaired) electrons. The van der Waals surface area contributed by atoms with E-state index in [2.05, 4.69) is 0 Å². The molecule has 0 aliphatic rings. The van der Waals surface area contributed by atoms with Crippen LogP contribution >= 0.6 is 557 Å². The van der Waals surface area contributed by atoms with E-state index in [0.717, 1.165) is 0 Å². The van der Waals surface area contributed by atoms with Crippen molar-refractivity contribution in [1.82, 2.24) is 0 Å². The molecular formula is C25H50Cl48O. The van der Waals surface area contributed by atoms with E-state index < -0.39 is 4.84 Å². The SMILES string of the molecule is ClCCl.ClCCl.ClCCl.ClCCl.ClCCl.ClCCl.ClCCl.ClCCl.ClCCl.ClCCl.ClCCl.ClCCl.ClCCl.ClCCl.ClCCl.ClCCl.ClCCl.ClCCl.ClCCl.ClCCl.ClCCl.ClCCl.ClCCl.OCC(Cl)Cl. The van der Waals surface area contributed by atoms with E-state index in [1.165, 1.54) is 0 Å². The lowest BCUT2D eigenvalue weighted by Gasteiger charge is -1.84. The van der Waals surface area contributed by atoms with E-state index in [0.29, 0.717) is 0 Å². The van der Waals surface area contributed by atoms with Gasteiger partial charge in [0.15, 0.2) is 0 Å². The van der Waals surface area contributed by atoms with Crippen molar-refractivity contribution in [2.75, 3.05) is 129 Å². The van der Waals surface area contributed by atoms with Gasteiger partial charge in [0.2, 0.25) is 0 Å². The lowest BCUT2D eigenvalue weighted by atomic mass is 10.9. The van der Waals surface area contributed by atoms with Gasteiger partial charge in [-0.15, -0.1) is 557 Å². The van der Waals surface area contributed by atoms with Crippen LogP contribution in [0.5, 0.6) is 0 Å². The first-order valence-electron chi connectivity index (χ1n) is 13.5. The highest BCUT2D eigenvalue weighted by Gasteiger charge is 1.88. The molecule has 0 spiro atoms. The quantitative estimate of drug-likeness (QED) is 0.260. The lowest BCUT2D eigenvalue weighted by Crippen LogP contribution is -1.90. The molecule has 0 aromatic carbocycles. The summed E-state index contributed by atoms with van der Waals surface area (Å²) in [6.45, 7) is -0.164. The van der Waals surface area contributed by atoms with Crippen molar-refractivity contribution in [3.05, 3.63) is 0 Å². The smallest absolute Gasteiger partial charge is 0.130 e. The highest BCUT2D eigenvalue weighted by Crippen LogP contribution is 1.96. The molecule has 0 saturated carbocycles. The Labute approximate surface area is 684 Å². The van der Waals surface area contributed by atoms with Crippen molar-refractivity contribution in [3.63, 3.8) is 0 Å². The summed E-state index contributed by atoms with van der Waals surface area (Å²) >= 11 is 229. The molecule has 0 amide bonds. The van der Waals surface area contributed by atoms with Gasteiger partial charge < -0.3 is 5.11 Å². The minimum absolute atomic E-state index is 0.164. The van der Waals surface area contributed by atoms with Crippen molar-refractivity contribution >= 4 is 557 Å². The molecule has 492 valence electrons. The Balaban J connectivity index is -0.0000000160. The second-order valence-corrected chi connectivity index (χ2v) is 22.8. The van der Waals surface area contributed by atoms with Gasteiger partial charge in [-0.3, -0.25) is 0 Å². The number of alkyl halides is 48. The number of aliphatic hydroxyl groups excluding tert-OH is 1. The second kappa shape index (κ2) is 383. The number of halogens is 48. The summed E-state index contributed by atoms with van der Waals surface area (Å²) in [5.74, 6) is 0. The highest BCUT2D eigenvalue weighted by atomic mass is 35.6. The van der Waals surface area contributed by atoms with Crippen LogP contribution in [0.3, 0.4) is 0 Å². The zero-order valence-electron chi connectivity index (χ0n) is 36.1. The zero-order chi connectivity index (χ0) is 66.5. The molecule has 0 unspecified atom stereocenters. The molecule has 1 nitrogen and oxygen atoms in total. The Morgan fingerprint density at radius 1 is 0.135 bits per heavy atom. The van der Waals surface area contributed by atoms with E-state index >= 15 is 0 Å². The molecular weight excluding hydrogens is 2020 g/mol. The first-order chi connectivity index (χ1) is 34.8. The van der Waals surface area contributed by atoms with Crippen LogP contribution in [0.15, 0.2) is 0 Å². The standard InChI is InChI=1S/C2H4Cl2O.23CH2Cl2/c3-2(4)1-5;23*2-1-3/h2,5H,1H2;23*1H2. The van der Waals surface area contributed by atoms with Gasteiger partial charge in [0.25, 0.3) is 0 Å². The van der Waals surface area contributed by atoms with E-state index in [1.807, 2.05) is 0 Å². The van der Waals surface area contributed by atoms with Crippen molar-refractivity contribution < 1.29 is 5.11 Å². The highest BCUT2D eigenvalue weighted by molar-refractivity contribution is 6.47. The van der Waals surface area contributed by atoms with Gasteiger partial charge in [-0.05, 0) is 0 Å². The Hall–Kier alpha value is 13.9. The minimum atomic E-state index is -0.616. The third-order valence-corrected chi connectivity index (χ3v) is 0.414. The fraction of sp³-hybridized carbons (Fsp3) is 1.00. The Kier molecular flexibility index (Phi) is 842. The van der Waals surface area contributed by atoms with E-state index in [1.54, 1.807) is 0 Å². The summed E-state index contributed by atoms with van der Waals surface area (Å²) < 4.78 is 0. The summed E-state index contributed by atoms with van der Waals surface area (Å²) in [5.41, 5.74) is 0. The van der Waals surface area contributed by atoms with Crippen molar-refractivity contribution in [3.8, 4) is 0 Å². The monoisotopic (exact) mass is 2040 g/mol. The molecule has 0 heterocycles. The molecule has 0 bridgehead atoms. The van der Waals surface area contributed by atoms with Crippen molar-refractivity contribution in [1.29, 1.82) is 0 Å². The average molecular weight is 2070 g/mol.